The number of rotatable bonds is 4. The van der Waals surface area contributed by atoms with Gasteiger partial charge >= 0.3 is 0 Å². The van der Waals surface area contributed by atoms with E-state index >= 15 is 0 Å². The largest absolute Gasteiger partial charge is 0.489 e. The molecule has 0 aliphatic heterocycles. The molecule has 0 aliphatic carbocycles. The maximum absolute atomic E-state index is 13.4. The molecule has 4 aromatic rings. The molecule has 0 unspecified atom stereocenters. The van der Waals surface area contributed by atoms with Crippen LogP contribution in [0.25, 0.3) is 22.4 Å². The van der Waals surface area contributed by atoms with Crippen LogP contribution >= 0.6 is 11.6 Å². The van der Waals surface area contributed by atoms with Crippen LogP contribution in [0.1, 0.15) is 5.56 Å². The predicted molar refractivity (Wildman–Crippen MR) is 97.3 cm³/mol. The molecular weight excluding hydrogens is 339 g/mol. The standard InChI is InChI=1S/C20H14ClFN2O/c21-16-10-5-13(11-17(16)22)12-25-15-8-6-14(7-9-15)20-23-18-3-1-2-4-19(18)24-20/h1-11H,12H2,(H,23,24). The van der Waals surface area contributed by atoms with Crippen molar-refractivity contribution in [3.8, 4) is 17.1 Å². The highest BCUT2D eigenvalue weighted by atomic mass is 35.5. The second-order valence-corrected chi connectivity index (χ2v) is 6.07. The normalized spacial score (nSPS) is 11.0. The zero-order chi connectivity index (χ0) is 17.2. The molecule has 3 aromatic carbocycles. The monoisotopic (exact) mass is 352 g/mol. The lowest BCUT2D eigenvalue weighted by Gasteiger charge is -2.07. The first-order valence-corrected chi connectivity index (χ1v) is 8.19. The van der Waals surface area contributed by atoms with Crippen molar-refractivity contribution in [3.63, 3.8) is 0 Å². The summed E-state index contributed by atoms with van der Waals surface area (Å²) in [6.07, 6.45) is 0. The maximum Gasteiger partial charge on any atom is 0.142 e. The molecule has 3 nitrogen and oxygen atoms in total. The number of hydrogen-bond acceptors (Lipinski definition) is 2. The number of aromatic amines is 1. The third-order valence-electron chi connectivity index (χ3n) is 3.91. The molecule has 0 saturated heterocycles. The quantitative estimate of drug-likeness (QED) is 0.519. The van der Waals surface area contributed by atoms with Crippen LogP contribution in [-0.4, -0.2) is 9.97 Å². The Hall–Kier alpha value is -2.85. The summed E-state index contributed by atoms with van der Waals surface area (Å²) in [5.74, 6) is 1.07. The first kappa shape index (κ1) is 15.7. The summed E-state index contributed by atoms with van der Waals surface area (Å²) in [6, 6.07) is 20.2. The average molecular weight is 353 g/mol. The van der Waals surface area contributed by atoms with Crippen LogP contribution in [0.5, 0.6) is 5.75 Å². The predicted octanol–water partition coefficient (Wildman–Crippen LogP) is 5.60. The molecule has 1 aromatic heterocycles. The Morgan fingerprint density at radius 1 is 1.00 bits per heavy atom. The van der Waals surface area contributed by atoms with Crippen LogP contribution in [0.2, 0.25) is 5.02 Å². The number of halogens is 2. The Bertz CT molecular complexity index is 994. The van der Waals surface area contributed by atoms with Gasteiger partial charge in [-0.15, -0.1) is 0 Å². The summed E-state index contributed by atoms with van der Waals surface area (Å²) >= 11 is 5.68. The maximum atomic E-state index is 13.4. The topological polar surface area (TPSA) is 37.9 Å². The number of benzene rings is 3. The van der Waals surface area contributed by atoms with Crippen LogP contribution in [0.4, 0.5) is 4.39 Å². The third-order valence-corrected chi connectivity index (χ3v) is 4.21. The van der Waals surface area contributed by atoms with Gasteiger partial charge < -0.3 is 9.72 Å². The molecule has 0 spiro atoms. The van der Waals surface area contributed by atoms with E-state index in [1.54, 1.807) is 6.07 Å². The fourth-order valence-electron chi connectivity index (χ4n) is 2.59. The van der Waals surface area contributed by atoms with Crippen LogP contribution in [0.15, 0.2) is 66.7 Å². The fraction of sp³-hybridized carbons (Fsp3) is 0.0500. The summed E-state index contributed by atoms with van der Waals surface area (Å²) < 4.78 is 19.1. The van der Waals surface area contributed by atoms with E-state index in [0.717, 1.165) is 28.0 Å². The van der Waals surface area contributed by atoms with E-state index in [9.17, 15) is 4.39 Å². The molecule has 25 heavy (non-hydrogen) atoms. The third kappa shape index (κ3) is 3.35. The molecule has 5 heteroatoms. The minimum absolute atomic E-state index is 0.110. The van der Waals surface area contributed by atoms with E-state index in [1.807, 2.05) is 48.5 Å². The van der Waals surface area contributed by atoms with Crippen molar-refractivity contribution in [1.29, 1.82) is 0 Å². The summed E-state index contributed by atoms with van der Waals surface area (Å²) in [6.45, 7) is 0.276. The van der Waals surface area contributed by atoms with Gasteiger partial charge in [0, 0.05) is 5.56 Å². The Morgan fingerprint density at radius 2 is 1.80 bits per heavy atom. The van der Waals surface area contributed by atoms with Gasteiger partial charge in [0.05, 0.1) is 16.1 Å². The lowest BCUT2D eigenvalue weighted by Crippen LogP contribution is -1.96. The van der Waals surface area contributed by atoms with Crippen LogP contribution in [-0.2, 0) is 6.61 Å². The van der Waals surface area contributed by atoms with Crippen molar-refractivity contribution in [1.82, 2.24) is 9.97 Å². The Kier molecular flexibility index (Phi) is 4.12. The van der Waals surface area contributed by atoms with Gasteiger partial charge in [0.2, 0.25) is 0 Å². The van der Waals surface area contributed by atoms with E-state index in [-0.39, 0.29) is 11.6 Å². The summed E-state index contributed by atoms with van der Waals surface area (Å²) in [7, 11) is 0. The number of aromatic nitrogens is 2. The van der Waals surface area contributed by atoms with E-state index in [0.29, 0.717) is 5.75 Å². The molecule has 0 aliphatic rings. The number of hydrogen-bond donors (Lipinski definition) is 1. The van der Waals surface area contributed by atoms with Crippen molar-refractivity contribution in [2.24, 2.45) is 0 Å². The highest BCUT2D eigenvalue weighted by Gasteiger charge is 2.06. The van der Waals surface area contributed by atoms with Crippen molar-refractivity contribution < 1.29 is 9.13 Å². The Balaban J connectivity index is 1.48. The number of para-hydroxylation sites is 2. The Labute approximate surface area is 149 Å². The van der Waals surface area contributed by atoms with Gasteiger partial charge in [-0.25, -0.2) is 9.37 Å². The lowest BCUT2D eigenvalue weighted by atomic mass is 10.2. The van der Waals surface area contributed by atoms with Crippen molar-refractivity contribution in [2.45, 2.75) is 6.61 Å². The molecule has 1 heterocycles. The van der Waals surface area contributed by atoms with Crippen molar-refractivity contribution >= 4 is 22.6 Å². The fourth-order valence-corrected chi connectivity index (χ4v) is 2.71. The van der Waals surface area contributed by atoms with Crippen molar-refractivity contribution in [2.75, 3.05) is 0 Å². The Morgan fingerprint density at radius 3 is 2.56 bits per heavy atom. The van der Waals surface area contributed by atoms with E-state index in [4.69, 9.17) is 16.3 Å². The summed E-state index contributed by atoms with van der Waals surface area (Å²) in [4.78, 5) is 7.87. The van der Waals surface area contributed by atoms with Gasteiger partial charge in [0.15, 0.2) is 0 Å². The zero-order valence-corrected chi connectivity index (χ0v) is 13.9. The molecule has 0 amide bonds. The SMILES string of the molecule is Fc1cc(COc2ccc(-c3nc4ccccc4[nH]3)cc2)ccc1Cl. The second kappa shape index (κ2) is 6.57. The van der Waals surface area contributed by atoms with Crippen LogP contribution < -0.4 is 4.74 Å². The number of H-pyrrole nitrogens is 1. The number of imidazole rings is 1. The highest BCUT2D eigenvalue weighted by Crippen LogP contribution is 2.23. The second-order valence-electron chi connectivity index (χ2n) is 5.66. The van der Waals surface area contributed by atoms with Gasteiger partial charge in [-0.05, 0) is 54.1 Å². The first-order valence-electron chi connectivity index (χ1n) is 7.81. The van der Waals surface area contributed by atoms with Crippen LogP contribution in [0, 0.1) is 5.82 Å². The zero-order valence-electron chi connectivity index (χ0n) is 13.2. The first-order chi connectivity index (χ1) is 12.2. The molecule has 0 atom stereocenters. The highest BCUT2D eigenvalue weighted by molar-refractivity contribution is 6.30. The van der Waals surface area contributed by atoms with Gasteiger partial charge in [0.1, 0.15) is 24.0 Å². The summed E-state index contributed by atoms with van der Waals surface area (Å²) in [5.41, 5.74) is 3.63. The van der Waals surface area contributed by atoms with E-state index in [2.05, 4.69) is 9.97 Å². The minimum Gasteiger partial charge on any atom is -0.489 e. The van der Waals surface area contributed by atoms with Crippen LogP contribution in [0.3, 0.4) is 0 Å². The molecule has 0 fully saturated rings. The molecular formula is C20H14ClFN2O. The van der Waals surface area contributed by atoms with Gasteiger partial charge in [-0.3, -0.25) is 0 Å². The molecule has 0 radical (unpaired) electrons. The number of fused-ring (bicyclic) bond motifs is 1. The van der Waals surface area contributed by atoms with Gasteiger partial charge in [-0.2, -0.15) is 0 Å². The molecule has 0 bridgehead atoms. The molecule has 0 saturated carbocycles. The van der Waals surface area contributed by atoms with Gasteiger partial charge in [-0.1, -0.05) is 29.8 Å². The van der Waals surface area contributed by atoms with Gasteiger partial charge in [0.25, 0.3) is 0 Å². The lowest BCUT2D eigenvalue weighted by molar-refractivity contribution is 0.305. The molecule has 124 valence electrons. The smallest absolute Gasteiger partial charge is 0.142 e. The minimum atomic E-state index is -0.442. The van der Waals surface area contributed by atoms with E-state index in [1.165, 1.54) is 12.1 Å². The molecule has 1 N–H and O–H groups in total. The number of nitrogens with zero attached hydrogens (tertiary/aromatic N) is 1. The average Bonchev–Trinajstić information content (AvgIpc) is 3.07. The van der Waals surface area contributed by atoms with Crippen molar-refractivity contribution in [3.05, 3.63) is 83.1 Å². The summed E-state index contributed by atoms with van der Waals surface area (Å²) in [5, 5.41) is 0.110. The molecule has 4 rings (SSSR count). The van der Waals surface area contributed by atoms with E-state index < -0.39 is 5.82 Å². The number of nitrogens with one attached hydrogen (secondary N) is 1. The number of ether oxygens (including phenoxy) is 1.